The molecule has 0 fully saturated rings. The van der Waals surface area contributed by atoms with Crippen LogP contribution >= 0.6 is 11.6 Å². The van der Waals surface area contributed by atoms with Gasteiger partial charge in [-0.05, 0) is 36.6 Å². The lowest BCUT2D eigenvalue weighted by Crippen LogP contribution is -2.36. The van der Waals surface area contributed by atoms with Crippen LogP contribution in [0.1, 0.15) is 27.7 Å². The van der Waals surface area contributed by atoms with Crippen LogP contribution in [0.5, 0.6) is 0 Å². The Kier molecular flexibility index (Phi) is 6.20. The van der Waals surface area contributed by atoms with E-state index in [2.05, 4.69) is 10.3 Å². The van der Waals surface area contributed by atoms with E-state index in [0.29, 0.717) is 10.7 Å². The lowest BCUT2D eigenvalue weighted by atomic mass is 9.88. The molecular weight excluding hydrogens is 334 g/mol. The number of sulfone groups is 1. The number of hydrogen-bond donors (Lipinski definition) is 1. The van der Waals surface area contributed by atoms with Crippen molar-refractivity contribution >= 4 is 33.0 Å². The Morgan fingerprint density at radius 2 is 1.83 bits per heavy atom. The zero-order valence-electron chi connectivity index (χ0n) is 14.0. The summed E-state index contributed by atoms with van der Waals surface area (Å²) >= 11 is 5.85. The Labute approximate surface area is 143 Å². The van der Waals surface area contributed by atoms with Crippen LogP contribution in [0.25, 0.3) is 0 Å². The smallest absolute Gasteiger partial charge is 0.204 e. The first-order chi connectivity index (χ1) is 10.4. The first-order valence-electron chi connectivity index (χ1n) is 7.14. The molecule has 1 rings (SSSR count). The van der Waals surface area contributed by atoms with Gasteiger partial charge >= 0.3 is 0 Å². The normalized spacial score (nSPS) is 15.6. The number of halogens is 1. The van der Waals surface area contributed by atoms with E-state index in [0.717, 1.165) is 6.26 Å². The Bertz CT molecular complexity index is 713. The fraction of sp³-hybridized carbons (Fsp3) is 0.500. The SMILES string of the molecule is CC(N=C(Nc1ccc(Cl)cc1)C(C#N)S(C)(=O)=O)C(C)(C)C. The fourth-order valence-corrected chi connectivity index (χ4v) is 2.45. The van der Waals surface area contributed by atoms with Gasteiger partial charge < -0.3 is 5.32 Å². The lowest BCUT2D eigenvalue weighted by Gasteiger charge is -2.25. The van der Waals surface area contributed by atoms with E-state index in [4.69, 9.17) is 11.6 Å². The number of nitrogens with one attached hydrogen (secondary N) is 1. The van der Waals surface area contributed by atoms with Gasteiger partial charge in [0.15, 0.2) is 9.84 Å². The summed E-state index contributed by atoms with van der Waals surface area (Å²) in [5, 5.41) is 11.5. The van der Waals surface area contributed by atoms with E-state index in [-0.39, 0.29) is 17.3 Å². The second-order valence-corrected chi connectivity index (χ2v) is 9.09. The van der Waals surface area contributed by atoms with Gasteiger partial charge in [-0.15, -0.1) is 0 Å². The summed E-state index contributed by atoms with van der Waals surface area (Å²) in [5.41, 5.74) is 0.461. The highest BCUT2D eigenvalue weighted by molar-refractivity contribution is 7.92. The molecule has 23 heavy (non-hydrogen) atoms. The van der Waals surface area contributed by atoms with Crippen molar-refractivity contribution in [3.63, 3.8) is 0 Å². The number of nitrogens with zero attached hydrogens (tertiary/aromatic N) is 2. The summed E-state index contributed by atoms with van der Waals surface area (Å²) in [7, 11) is -3.61. The van der Waals surface area contributed by atoms with E-state index in [1.165, 1.54) is 0 Å². The van der Waals surface area contributed by atoms with E-state index < -0.39 is 15.1 Å². The van der Waals surface area contributed by atoms with Crippen molar-refractivity contribution in [1.82, 2.24) is 0 Å². The van der Waals surface area contributed by atoms with E-state index >= 15 is 0 Å². The fourth-order valence-electron chi connectivity index (χ4n) is 1.61. The second-order valence-electron chi connectivity index (χ2n) is 6.53. The number of nitriles is 1. The average molecular weight is 356 g/mol. The van der Waals surface area contributed by atoms with Gasteiger partial charge in [-0.3, -0.25) is 4.99 Å². The van der Waals surface area contributed by atoms with E-state index in [9.17, 15) is 13.7 Å². The number of anilines is 1. The minimum Gasteiger partial charge on any atom is -0.342 e. The van der Waals surface area contributed by atoms with Crippen LogP contribution in [0.4, 0.5) is 5.69 Å². The van der Waals surface area contributed by atoms with Crippen LogP contribution in [0.3, 0.4) is 0 Å². The third-order valence-electron chi connectivity index (χ3n) is 3.50. The molecule has 2 atom stereocenters. The maximum Gasteiger partial charge on any atom is 0.204 e. The van der Waals surface area contributed by atoms with Crippen LogP contribution < -0.4 is 5.32 Å². The second kappa shape index (κ2) is 7.33. The van der Waals surface area contributed by atoms with E-state index in [1.807, 2.05) is 33.8 Å². The van der Waals surface area contributed by atoms with Gasteiger partial charge in [0.2, 0.25) is 5.25 Å². The molecule has 0 spiro atoms. The van der Waals surface area contributed by atoms with Crippen molar-refractivity contribution in [3.05, 3.63) is 29.3 Å². The van der Waals surface area contributed by atoms with Crippen molar-refractivity contribution < 1.29 is 8.42 Å². The minimum atomic E-state index is -3.61. The van der Waals surface area contributed by atoms with Crippen LogP contribution in [0.2, 0.25) is 5.02 Å². The molecule has 126 valence electrons. The molecule has 1 aromatic rings. The summed E-state index contributed by atoms with van der Waals surface area (Å²) in [6.07, 6.45) is 1.03. The molecule has 0 saturated heterocycles. The summed E-state index contributed by atoms with van der Waals surface area (Å²) in [4.78, 5) is 4.47. The Balaban J connectivity index is 3.29. The van der Waals surface area contributed by atoms with Gasteiger partial charge in [-0.2, -0.15) is 5.26 Å². The topological polar surface area (TPSA) is 82.3 Å². The molecular formula is C16H22ClN3O2S. The van der Waals surface area contributed by atoms with Gasteiger partial charge in [-0.25, -0.2) is 8.42 Å². The van der Waals surface area contributed by atoms with Crippen LogP contribution in [0.15, 0.2) is 29.3 Å². The van der Waals surface area contributed by atoms with Gasteiger partial charge in [0.25, 0.3) is 0 Å². The summed E-state index contributed by atoms with van der Waals surface area (Å²) in [6, 6.07) is 8.42. The van der Waals surface area contributed by atoms with Gasteiger partial charge in [0, 0.05) is 17.0 Å². The highest BCUT2D eigenvalue weighted by atomic mass is 35.5. The molecule has 2 unspecified atom stereocenters. The number of benzene rings is 1. The van der Waals surface area contributed by atoms with Gasteiger partial charge in [0.1, 0.15) is 5.84 Å². The summed E-state index contributed by atoms with van der Waals surface area (Å²) in [5.74, 6) is 0.125. The van der Waals surface area contributed by atoms with Gasteiger partial charge in [-0.1, -0.05) is 32.4 Å². The number of aliphatic imine (C=N–C) groups is 1. The van der Waals surface area contributed by atoms with Crippen molar-refractivity contribution in [2.75, 3.05) is 11.6 Å². The summed E-state index contributed by atoms with van der Waals surface area (Å²) in [6.45, 7) is 7.90. The van der Waals surface area contributed by atoms with Crippen LogP contribution in [0, 0.1) is 16.7 Å². The molecule has 0 heterocycles. The Hall–Kier alpha value is -1.58. The standard InChI is InChI=1S/C16H22ClN3O2S/c1-11(16(2,3)4)19-15(14(10-18)23(5,21)22)20-13-8-6-12(17)7-9-13/h6-9,11,14H,1-5H3,(H,19,20). The van der Waals surface area contributed by atoms with Crippen LogP contribution in [-0.4, -0.2) is 31.8 Å². The molecule has 0 bridgehead atoms. The van der Waals surface area contributed by atoms with Crippen molar-refractivity contribution in [1.29, 1.82) is 5.26 Å². The third kappa shape index (κ3) is 5.85. The average Bonchev–Trinajstić information content (AvgIpc) is 2.39. The molecule has 0 radical (unpaired) electrons. The van der Waals surface area contributed by atoms with Crippen molar-refractivity contribution in [2.45, 2.75) is 39.0 Å². The quantitative estimate of drug-likeness (QED) is 0.661. The molecule has 1 N–H and O–H groups in total. The highest BCUT2D eigenvalue weighted by Crippen LogP contribution is 2.23. The van der Waals surface area contributed by atoms with Gasteiger partial charge in [0.05, 0.1) is 12.1 Å². The number of rotatable bonds is 4. The molecule has 0 aromatic heterocycles. The molecule has 0 aliphatic rings. The molecule has 0 amide bonds. The molecule has 1 aromatic carbocycles. The predicted octanol–water partition coefficient (Wildman–Crippen LogP) is 3.52. The lowest BCUT2D eigenvalue weighted by molar-refractivity contribution is 0.341. The number of hydrogen-bond acceptors (Lipinski definition) is 4. The molecule has 7 heteroatoms. The van der Waals surface area contributed by atoms with Crippen molar-refractivity contribution in [3.8, 4) is 6.07 Å². The molecule has 0 saturated carbocycles. The highest BCUT2D eigenvalue weighted by Gasteiger charge is 2.29. The molecule has 5 nitrogen and oxygen atoms in total. The number of amidine groups is 1. The first-order valence-corrected chi connectivity index (χ1v) is 9.47. The predicted molar refractivity (Wildman–Crippen MR) is 95.7 cm³/mol. The summed E-state index contributed by atoms with van der Waals surface area (Å²) < 4.78 is 23.8. The first kappa shape index (κ1) is 19.5. The molecule has 0 aliphatic carbocycles. The minimum absolute atomic E-state index is 0.125. The zero-order chi connectivity index (χ0) is 17.8. The molecule has 0 aliphatic heterocycles. The monoisotopic (exact) mass is 355 g/mol. The van der Waals surface area contributed by atoms with Crippen LogP contribution in [-0.2, 0) is 9.84 Å². The maximum atomic E-state index is 11.9. The Morgan fingerprint density at radius 1 is 1.30 bits per heavy atom. The zero-order valence-corrected chi connectivity index (χ0v) is 15.5. The van der Waals surface area contributed by atoms with E-state index in [1.54, 1.807) is 24.3 Å². The Morgan fingerprint density at radius 3 is 2.22 bits per heavy atom. The van der Waals surface area contributed by atoms with Crippen molar-refractivity contribution in [2.24, 2.45) is 10.4 Å². The maximum absolute atomic E-state index is 11.9. The largest absolute Gasteiger partial charge is 0.342 e. The third-order valence-corrected chi connectivity index (χ3v) is 4.93.